The Morgan fingerprint density at radius 1 is 1.30 bits per heavy atom. The van der Waals surface area contributed by atoms with Crippen LogP contribution in [0.15, 0.2) is 18.2 Å². The van der Waals surface area contributed by atoms with Crippen LogP contribution in [-0.2, 0) is 22.1 Å². The van der Waals surface area contributed by atoms with Crippen LogP contribution in [0.3, 0.4) is 0 Å². The zero-order chi connectivity index (χ0) is 22.2. The van der Waals surface area contributed by atoms with E-state index in [4.69, 9.17) is 23.2 Å². The molecule has 0 aliphatic carbocycles. The van der Waals surface area contributed by atoms with Crippen LogP contribution in [0.2, 0.25) is 10.0 Å². The Hall–Kier alpha value is -1.85. The predicted octanol–water partition coefficient (Wildman–Crippen LogP) is 1.28. The zero-order valence-electron chi connectivity index (χ0n) is 16.4. The number of halogens is 2. The van der Waals surface area contributed by atoms with Gasteiger partial charge in [0.05, 0.1) is 10.0 Å². The van der Waals surface area contributed by atoms with Crippen LogP contribution in [0, 0.1) is 5.92 Å². The number of nitrogens with one attached hydrogen (secondary N) is 2. The molecule has 9 nitrogen and oxygen atoms in total. The lowest BCUT2D eigenvalue weighted by molar-refractivity contribution is -0.117. The lowest BCUT2D eigenvalue weighted by atomic mass is 9.94. The standard InChI is InChI=1S/C18H22Cl2N4O5S/c1-10(26)22-30(28,29)24-6-5-14(11(8-24)9-25)21-18(27)16-7-12-15(23(16)2)4-3-13(19)17(12)20/h3-4,7,11,14,25H,5-6,8-9H2,1-2H3,(H,21,27)(H,22,26)/t11-,14-/m0/s1. The van der Waals surface area contributed by atoms with Gasteiger partial charge in [0, 0.05) is 56.5 Å². The maximum Gasteiger partial charge on any atom is 0.303 e. The number of rotatable bonds is 5. The monoisotopic (exact) mass is 476 g/mol. The number of benzene rings is 1. The van der Waals surface area contributed by atoms with Gasteiger partial charge < -0.3 is 15.0 Å². The number of aliphatic hydroxyl groups is 1. The fourth-order valence-electron chi connectivity index (χ4n) is 3.65. The average Bonchev–Trinajstić information content (AvgIpc) is 3.01. The average molecular weight is 477 g/mol. The topological polar surface area (TPSA) is 121 Å². The summed E-state index contributed by atoms with van der Waals surface area (Å²) >= 11 is 12.3. The number of hydrogen-bond donors (Lipinski definition) is 3. The number of piperidine rings is 1. The molecule has 2 atom stereocenters. The molecule has 3 N–H and O–H groups in total. The Bertz CT molecular complexity index is 1100. The van der Waals surface area contributed by atoms with Crippen molar-refractivity contribution in [3.8, 4) is 0 Å². The van der Waals surface area contributed by atoms with Crippen molar-refractivity contribution in [3.05, 3.63) is 33.9 Å². The summed E-state index contributed by atoms with van der Waals surface area (Å²) in [7, 11) is -2.25. The van der Waals surface area contributed by atoms with E-state index in [0.717, 1.165) is 16.7 Å². The van der Waals surface area contributed by atoms with Crippen LogP contribution < -0.4 is 10.0 Å². The highest BCUT2D eigenvalue weighted by molar-refractivity contribution is 7.87. The van der Waals surface area contributed by atoms with Crippen molar-refractivity contribution in [2.75, 3.05) is 19.7 Å². The maximum absolute atomic E-state index is 12.9. The molecule has 0 bridgehead atoms. The second-order valence-corrected chi connectivity index (χ2v) is 9.67. The molecule has 2 heterocycles. The lowest BCUT2D eigenvalue weighted by Gasteiger charge is -2.37. The molecule has 0 unspecified atom stereocenters. The molecule has 1 fully saturated rings. The van der Waals surface area contributed by atoms with E-state index in [0.29, 0.717) is 21.1 Å². The van der Waals surface area contributed by atoms with Crippen LogP contribution in [0.25, 0.3) is 10.9 Å². The van der Waals surface area contributed by atoms with Gasteiger partial charge in [-0.3, -0.25) is 9.59 Å². The number of aliphatic hydroxyl groups excluding tert-OH is 1. The summed E-state index contributed by atoms with van der Waals surface area (Å²) in [5, 5.41) is 14.0. The molecule has 3 rings (SSSR count). The smallest absolute Gasteiger partial charge is 0.303 e. The number of nitrogens with zero attached hydrogens (tertiary/aromatic N) is 2. The van der Waals surface area contributed by atoms with E-state index >= 15 is 0 Å². The van der Waals surface area contributed by atoms with E-state index in [2.05, 4.69) is 5.32 Å². The normalized spacial score (nSPS) is 20.3. The van der Waals surface area contributed by atoms with E-state index in [9.17, 15) is 23.1 Å². The minimum atomic E-state index is -3.98. The molecule has 2 amide bonds. The fourth-order valence-corrected chi connectivity index (χ4v) is 5.25. The summed E-state index contributed by atoms with van der Waals surface area (Å²) in [5.74, 6) is -1.60. The van der Waals surface area contributed by atoms with Crippen LogP contribution >= 0.6 is 23.2 Å². The SMILES string of the molecule is CC(=O)NS(=O)(=O)N1CC[C@H](NC(=O)c2cc3c(Cl)c(Cl)ccc3n2C)[C@H](CO)C1. The molecular weight excluding hydrogens is 455 g/mol. The van der Waals surface area contributed by atoms with Crippen molar-refractivity contribution >= 4 is 56.1 Å². The molecular formula is C18H22Cl2N4O5S. The highest BCUT2D eigenvalue weighted by Crippen LogP contribution is 2.32. The van der Waals surface area contributed by atoms with Gasteiger partial charge >= 0.3 is 10.2 Å². The second kappa shape index (κ2) is 8.72. The predicted molar refractivity (Wildman–Crippen MR) is 114 cm³/mol. The summed E-state index contributed by atoms with van der Waals surface area (Å²) in [4.78, 5) is 24.0. The van der Waals surface area contributed by atoms with E-state index in [1.807, 2.05) is 4.72 Å². The zero-order valence-corrected chi connectivity index (χ0v) is 18.7. The Morgan fingerprint density at radius 2 is 2.00 bits per heavy atom. The minimum Gasteiger partial charge on any atom is -0.396 e. The maximum atomic E-state index is 12.9. The third-order valence-electron chi connectivity index (χ3n) is 5.21. The summed E-state index contributed by atoms with van der Waals surface area (Å²) < 4.78 is 29.1. The molecule has 30 heavy (non-hydrogen) atoms. The van der Waals surface area contributed by atoms with Gasteiger partial charge in [0.2, 0.25) is 5.91 Å². The molecule has 0 radical (unpaired) electrons. The summed E-state index contributed by atoms with van der Waals surface area (Å²) in [5.41, 5.74) is 1.10. The van der Waals surface area contributed by atoms with Crippen molar-refractivity contribution in [2.24, 2.45) is 13.0 Å². The molecule has 1 aliphatic heterocycles. The molecule has 1 aliphatic rings. The van der Waals surface area contributed by atoms with Crippen LogP contribution in [0.5, 0.6) is 0 Å². The van der Waals surface area contributed by atoms with Crippen molar-refractivity contribution in [3.63, 3.8) is 0 Å². The van der Waals surface area contributed by atoms with Gasteiger partial charge in [0.15, 0.2) is 0 Å². The van der Waals surface area contributed by atoms with Gasteiger partial charge in [-0.2, -0.15) is 12.7 Å². The van der Waals surface area contributed by atoms with E-state index in [-0.39, 0.29) is 32.0 Å². The highest BCUT2D eigenvalue weighted by Gasteiger charge is 2.36. The number of carbonyl (C=O) groups excluding carboxylic acids is 2. The molecule has 0 spiro atoms. The van der Waals surface area contributed by atoms with E-state index < -0.39 is 28.1 Å². The first kappa shape index (κ1) is 22.8. The van der Waals surface area contributed by atoms with E-state index in [1.165, 1.54) is 0 Å². The first-order valence-corrected chi connectivity index (χ1v) is 11.4. The van der Waals surface area contributed by atoms with Gasteiger partial charge in [0.1, 0.15) is 5.69 Å². The first-order valence-electron chi connectivity index (χ1n) is 9.18. The van der Waals surface area contributed by atoms with Gasteiger partial charge in [-0.1, -0.05) is 23.2 Å². The van der Waals surface area contributed by atoms with Gasteiger partial charge in [-0.05, 0) is 24.6 Å². The van der Waals surface area contributed by atoms with E-state index in [1.54, 1.807) is 29.8 Å². The Kier molecular flexibility index (Phi) is 6.63. The third kappa shape index (κ3) is 4.42. The summed E-state index contributed by atoms with van der Waals surface area (Å²) in [6.45, 7) is 0.853. The van der Waals surface area contributed by atoms with Crippen molar-refractivity contribution < 1.29 is 23.1 Å². The molecule has 1 aromatic heterocycles. The third-order valence-corrected chi connectivity index (χ3v) is 7.58. The van der Waals surface area contributed by atoms with Crippen LogP contribution in [-0.4, -0.2) is 59.9 Å². The Labute approximate surface area is 184 Å². The molecule has 1 saturated heterocycles. The van der Waals surface area contributed by atoms with Crippen molar-refractivity contribution in [2.45, 2.75) is 19.4 Å². The molecule has 2 aromatic rings. The summed E-state index contributed by atoms with van der Waals surface area (Å²) in [6.07, 6.45) is 0.284. The Balaban J connectivity index is 1.78. The molecule has 1 aromatic carbocycles. The number of hydrogen-bond acceptors (Lipinski definition) is 5. The van der Waals surface area contributed by atoms with Gasteiger partial charge in [0.25, 0.3) is 5.91 Å². The highest BCUT2D eigenvalue weighted by atomic mass is 35.5. The first-order chi connectivity index (χ1) is 14.0. The van der Waals surface area contributed by atoms with Gasteiger partial charge in [-0.25, -0.2) is 4.72 Å². The second-order valence-electron chi connectivity index (χ2n) is 7.22. The quantitative estimate of drug-likeness (QED) is 0.599. The Morgan fingerprint density at radius 3 is 2.63 bits per heavy atom. The minimum absolute atomic E-state index is 0.0272. The number of fused-ring (bicyclic) bond motifs is 1. The molecule has 0 saturated carbocycles. The number of aromatic nitrogens is 1. The molecule has 164 valence electrons. The largest absolute Gasteiger partial charge is 0.396 e. The number of carbonyl (C=O) groups is 2. The van der Waals surface area contributed by atoms with Crippen LogP contribution in [0.4, 0.5) is 0 Å². The van der Waals surface area contributed by atoms with Crippen LogP contribution in [0.1, 0.15) is 23.8 Å². The lowest BCUT2D eigenvalue weighted by Crippen LogP contribution is -2.56. The van der Waals surface area contributed by atoms with Crippen molar-refractivity contribution in [1.29, 1.82) is 0 Å². The number of amides is 2. The fraction of sp³-hybridized carbons (Fsp3) is 0.444. The number of aryl methyl sites for hydroxylation is 1. The molecule has 12 heteroatoms. The summed E-state index contributed by atoms with van der Waals surface area (Å²) in [6, 6.07) is 4.62. The van der Waals surface area contributed by atoms with Crippen molar-refractivity contribution in [1.82, 2.24) is 18.9 Å². The van der Waals surface area contributed by atoms with Gasteiger partial charge in [-0.15, -0.1) is 0 Å².